The zero-order valence-corrected chi connectivity index (χ0v) is 15.9. The molecule has 0 saturated heterocycles. The van der Waals surface area contributed by atoms with Crippen LogP contribution in [0.5, 0.6) is 0 Å². The maximum atomic E-state index is 12.4. The van der Waals surface area contributed by atoms with E-state index >= 15 is 0 Å². The van der Waals surface area contributed by atoms with E-state index in [9.17, 15) is 24.9 Å². The molecule has 0 aromatic heterocycles. The Morgan fingerprint density at radius 2 is 1.92 bits per heavy atom. The zero-order chi connectivity index (χ0) is 18.9. The SMILES string of the molecule is C[C@]12CCC(=O)CC1CCC1C2[C@@H](O)C[C@@]2(C)C1CC[C@]2(O)C(=O)CO. The minimum atomic E-state index is -1.53. The van der Waals surface area contributed by atoms with Crippen LogP contribution in [0, 0.1) is 34.5 Å². The van der Waals surface area contributed by atoms with Crippen molar-refractivity contribution in [3.8, 4) is 0 Å². The molecule has 0 aromatic carbocycles. The summed E-state index contributed by atoms with van der Waals surface area (Å²) in [5.74, 6) is 0.800. The van der Waals surface area contributed by atoms with E-state index in [2.05, 4.69) is 6.92 Å². The number of ketones is 2. The van der Waals surface area contributed by atoms with Gasteiger partial charge in [-0.05, 0) is 67.6 Å². The predicted molar refractivity (Wildman–Crippen MR) is 95.2 cm³/mol. The summed E-state index contributed by atoms with van der Waals surface area (Å²) >= 11 is 0. The van der Waals surface area contributed by atoms with Crippen molar-refractivity contribution in [2.24, 2.45) is 34.5 Å². The summed E-state index contributed by atoms with van der Waals surface area (Å²) in [6.07, 6.45) is 5.02. The minimum absolute atomic E-state index is 0.0285. The van der Waals surface area contributed by atoms with Crippen LogP contribution in [-0.2, 0) is 9.59 Å². The van der Waals surface area contributed by atoms with Crippen molar-refractivity contribution in [1.29, 1.82) is 0 Å². The molecule has 4 aliphatic rings. The number of fused-ring (bicyclic) bond motifs is 5. The maximum Gasteiger partial charge on any atom is 0.190 e. The Labute approximate surface area is 155 Å². The zero-order valence-electron chi connectivity index (χ0n) is 15.9. The Kier molecular flexibility index (Phi) is 4.18. The molecule has 26 heavy (non-hydrogen) atoms. The van der Waals surface area contributed by atoms with Crippen LogP contribution in [0.2, 0.25) is 0 Å². The van der Waals surface area contributed by atoms with Gasteiger partial charge in [0.25, 0.3) is 0 Å². The number of carbonyl (C=O) groups excluding carboxylic acids is 2. The Morgan fingerprint density at radius 3 is 2.62 bits per heavy atom. The third kappa shape index (κ3) is 2.20. The molecule has 146 valence electrons. The summed E-state index contributed by atoms with van der Waals surface area (Å²) in [5, 5.41) is 31.8. The van der Waals surface area contributed by atoms with Gasteiger partial charge in [-0.15, -0.1) is 0 Å². The molecule has 4 fully saturated rings. The summed E-state index contributed by atoms with van der Waals surface area (Å²) < 4.78 is 0. The maximum absolute atomic E-state index is 12.4. The van der Waals surface area contributed by atoms with Gasteiger partial charge in [-0.2, -0.15) is 0 Å². The highest BCUT2D eigenvalue weighted by Gasteiger charge is 2.68. The predicted octanol–water partition coefficient (Wildman–Crippen LogP) is 1.86. The van der Waals surface area contributed by atoms with E-state index in [0.717, 1.165) is 25.7 Å². The van der Waals surface area contributed by atoms with Gasteiger partial charge in [0.15, 0.2) is 5.78 Å². The fraction of sp³-hybridized carbons (Fsp3) is 0.905. The third-order valence-corrected chi connectivity index (χ3v) is 9.17. The number of carbonyl (C=O) groups is 2. The van der Waals surface area contributed by atoms with Crippen LogP contribution < -0.4 is 0 Å². The molecule has 0 radical (unpaired) electrons. The number of hydrogen-bond donors (Lipinski definition) is 3. The lowest BCUT2D eigenvalue weighted by Gasteiger charge is -2.62. The number of rotatable bonds is 2. The fourth-order valence-electron chi connectivity index (χ4n) is 7.76. The van der Waals surface area contributed by atoms with Gasteiger partial charge >= 0.3 is 0 Å². The van der Waals surface area contributed by atoms with Gasteiger partial charge < -0.3 is 15.3 Å². The molecule has 8 atom stereocenters. The normalized spacial score (nSPS) is 53.6. The molecule has 0 aliphatic heterocycles. The van der Waals surface area contributed by atoms with Gasteiger partial charge in [0.2, 0.25) is 0 Å². The average Bonchev–Trinajstić information content (AvgIpc) is 2.86. The molecule has 0 aromatic rings. The molecular weight excluding hydrogens is 332 g/mol. The van der Waals surface area contributed by atoms with Crippen LogP contribution in [0.4, 0.5) is 0 Å². The van der Waals surface area contributed by atoms with E-state index in [1.54, 1.807) is 0 Å². The molecule has 3 N–H and O–H groups in total. The monoisotopic (exact) mass is 364 g/mol. The Balaban J connectivity index is 1.70. The van der Waals surface area contributed by atoms with Crippen LogP contribution in [0.25, 0.3) is 0 Å². The first kappa shape index (κ1) is 18.6. The Bertz CT molecular complexity index is 632. The quantitative estimate of drug-likeness (QED) is 0.695. The standard InChI is InChI=1S/C21H32O5/c1-19-7-5-13(23)9-12(19)3-4-14-15-6-8-21(26,17(25)11-22)20(15,2)10-16(24)18(14)19/h12,14-16,18,22,24,26H,3-11H2,1-2H3/t12?,14?,15?,16-,18?,19-,20-,21-/m0/s1. The van der Waals surface area contributed by atoms with Gasteiger partial charge in [0, 0.05) is 18.3 Å². The second-order valence-corrected chi connectivity index (χ2v) is 9.99. The van der Waals surface area contributed by atoms with Crippen molar-refractivity contribution < 1.29 is 24.9 Å². The number of hydrogen-bond acceptors (Lipinski definition) is 5. The van der Waals surface area contributed by atoms with Crippen molar-refractivity contribution in [3.05, 3.63) is 0 Å². The average molecular weight is 364 g/mol. The van der Waals surface area contributed by atoms with E-state index in [0.29, 0.717) is 37.4 Å². The fourth-order valence-corrected chi connectivity index (χ4v) is 7.76. The Hall–Kier alpha value is -0.780. The van der Waals surface area contributed by atoms with Gasteiger partial charge in [-0.1, -0.05) is 13.8 Å². The molecular formula is C21H32O5. The van der Waals surface area contributed by atoms with Gasteiger partial charge in [0.1, 0.15) is 18.0 Å². The molecule has 5 heteroatoms. The molecule has 4 rings (SSSR count). The van der Waals surface area contributed by atoms with Gasteiger partial charge in [-0.25, -0.2) is 0 Å². The highest BCUT2D eigenvalue weighted by Crippen LogP contribution is 2.68. The van der Waals surface area contributed by atoms with Gasteiger partial charge in [0.05, 0.1) is 6.10 Å². The molecule has 5 nitrogen and oxygen atoms in total. The lowest BCUT2D eigenvalue weighted by atomic mass is 9.43. The number of aliphatic hydroxyl groups excluding tert-OH is 2. The largest absolute Gasteiger partial charge is 0.393 e. The van der Waals surface area contributed by atoms with E-state index < -0.39 is 29.5 Å². The van der Waals surface area contributed by atoms with Crippen LogP contribution >= 0.6 is 0 Å². The van der Waals surface area contributed by atoms with Crippen molar-refractivity contribution >= 4 is 11.6 Å². The number of aliphatic hydroxyl groups is 3. The first-order valence-electron chi connectivity index (χ1n) is 10.2. The minimum Gasteiger partial charge on any atom is -0.393 e. The van der Waals surface area contributed by atoms with E-state index in [1.165, 1.54) is 0 Å². The van der Waals surface area contributed by atoms with Crippen molar-refractivity contribution in [2.45, 2.75) is 76.9 Å². The van der Waals surface area contributed by atoms with Crippen LogP contribution in [0.15, 0.2) is 0 Å². The topological polar surface area (TPSA) is 94.8 Å². The van der Waals surface area contributed by atoms with E-state index in [1.807, 2.05) is 6.92 Å². The summed E-state index contributed by atoms with van der Waals surface area (Å²) in [5.41, 5.74) is -2.24. The van der Waals surface area contributed by atoms with Gasteiger partial charge in [-0.3, -0.25) is 9.59 Å². The van der Waals surface area contributed by atoms with Crippen molar-refractivity contribution in [1.82, 2.24) is 0 Å². The lowest BCUT2D eigenvalue weighted by Crippen LogP contribution is -2.63. The first-order chi connectivity index (χ1) is 12.2. The first-order valence-corrected chi connectivity index (χ1v) is 10.2. The summed E-state index contributed by atoms with van der Waals surface area (Å²) in [4.78, 5) is 24.3. The van der Waals surface area contributed by atoms with Crippen LogP contribution in [0.1, 0.15) is 65.2 Å². The molecule has 0 amide bonds. The molecule has 4 unspecified atom stereocenters. The lowest BCUT2D eigenvalue weighted by molar-refractivity contribution is -0.198. The number of Topliss-reactive ketones (excluding diaryl/α,β-unsaturated/α-hetero) is 2. The van der Waals surface area contributed by atoms with Crippen molar-refractivity contribution in [3.63, 3.8) is 0 Å². The molecule has 4 aliphatic carbocycles. The highest BCUT2D eigenvalue weighted by molar-refractivity contribution is 5.89. The molecule has 0 spiro atoms. The van der Waals surface area contributed by atoms with Crippen LogP contribution in [0.3, 0.4) is 0 Å². The molecule has 0 bridgehead atoms. The molecule has 4 saturated carbocycles. The second-order valence-electron chi connectivity index (χ2n) is 9.99. The van der Waals surface area contributed by atoms with E-state index in [-0.39, 0.29) is 23.2 Å². The summed E-state index contributed by atoms with van der Waals surface area (Å²) in [7, 11) is 0. The summed E-state index contributed by atoms with van der Waals surface area (Å²) in [6.45, 7) is 3.55. The van der Waals surface area contributed by atoms with Crippen molar-refractivity contribution in [2.75, 3.05) is 6.61 Å². The smallest absolute Gasteiger partial charge is 0.190 e. The van der Waals surface area contributed by atoms with Crippen LogP contribution in [-0.4, -0.2) is 45.2 Å². The summed E-state index contributed by atoms with van der Waals surface area (Å²) in [6, 6.07) is 0. The Morgan fingerprint density at radius 1 is 1.19 bits per heavy atom. The third-order valence-electron chi connectivity index (χ3n) is 9.17. The van der Waals surface area contributed by atoms with E-state index in [4.69, 9.17) is 0 Å². The highest BCUT2D eigenvalue weighted by atomic mass is 16.3. The molecule has 0 heterocycles. The second kappa shape index (κ2) is 5.86.